The van der Waals surface area contributed by atoms with Crippen molar-refractivity contribution in [2.24, 2.45) is 0 Å². The van der Waals surface area contributed by atoms with Gasteiger partial charge in [0.25, 0.3) is 0 Å². The molecule has 0 spiro atoms. The number of hydrogen-bond donors (Lipinski definition) is 0. The van der Waals surface area contributed by atoms with Crippen molar-refractivity contribution in [2.45, 2.75) is 36.4 Å². The van der Waals surface area contributed by atoms with E-state index in [0.29, 0.717) is 12.3 Å². The second-order valence-corrected chi connectivity index (χ2v) is 9.16. The molecule has 31 heavy (non-hydrogen) atoms. The number of benzene rings is 2. The molecule has 8 heteroatoms. The van der Waals surface area contributed by atoms with Gasteiger partial charge in [0.1, 0.15) is 10.8 Å². The van der Waals surface area contributed by atoms with Gasteiger partial charge in [0.2, 0.25) is 0 Å². The molecule has 0 bridgehead atoms. The Morgan fingerprint density at radius 1 is 1.06 bits per heavy atom. The van der Waals surface area contributed by atoms with Crippen LogP contribution in [-0.2, 0) is 17.0 Å². The molecule has 3 heterocycles. The Kier molecular flexibility index (Phi) is 6.11. The average Bonchev–Trinajstić information content (AvgIpc) is 3.56. The number of thiazole rings is 1. The molecule has 1 atom stereocenters. The molecule has 5 nitrogen and oxygen atoms in total. The van der Waals surface area contributed by atoms with E-state index in [1.54, 1.807) is 35.2 Å². The molecule has 0 radical (unpaired) electrons. The van der Waals surface area contributed by atoms with E-state index < -0.39 is 0 Å². The Labute approximate surface area is 188 Å². The van der Waals surface area contributed by atoms with Gasteiger partial charge in [0.15, 0.2) is 11.0 Å². The third-order valence-electron chi connectivity index (χ3n) is 5.15. The topological polar surface area (TPSA) is 52.8 Å². The Hall–Kier alpha value is -2.55. The summed E-state index contributed by atoms with van der Waals surface area (Å²) in [4.78, 5) is 4.78. The van der Waals surface area contributed by atoms with Crippen LogP contribution >= 0.6 is 23.1 Å². The highest BCUT2D eigenvalue weighted by molar-refractivity contribution is 7.98. The van der Waals surface area contributed by atoms with Crippen molar-refractivity contribution in [3.05, 3.63) is 71.5 Å². The molecule has 1 aliphatic rings. The minimum atomic E-state index is -0.263. The Morgan fingerprint density at radius 3 is 2.68 bits per heavy atom. The summed E-state index contributed by atoms with van der Waals surface area (Å²) in [7, 11) is 0. The van der Waals surface area contributed by atoms with Gasteiger partial charge in [0, 0.05) is 28.9 Å². The zero-order valence-corrected chi connectivity index (χ0v) is 18.4. The van der Waals surface area contributed by atoms with Crippen LogP contribution in [0.25, 0.3) is 22.0 Å². The Bertz CT molecular complexity index is 1140. The zero-order valence-electron chi connectivity index (χ0n) is 16.8. The quantitative estimate of drug-likeness (QED) is 0.338. The molecule has 0 N–H and O–H groups in total. The first-order valence-corrected chi connectivity index (χ1v) is 12.1. The molecule has 2 aromatic heterocycles. The second kappa shape index (κ2) is 9.30. The van der Waals surface area contributed by atoms with Gasteiger partial charge in [0.05, 0.1) is 18.3 Å². The molecule has 1 fully saturated rings. The van der Waals surface area contributed by atoms with Crippen LogP contribution in [-0.4, -0.2) is 32.5 Å². The van der Waals surface area contributed by atoms with Gasteiger partial charge in [-0.2, -0.15) is 0 Å². The monoisotopic (exact) mass is 452 g/mol. The van der Waals surface area contributed by atoms with E-state index >= 15 is 0 Å². The standard InChI is InChI=1S/C23H21FN4OS2/c24-18-10-8-16(9-11-18)21-26-27-23(28(21)13-20-7-4-12-29-20)31-15-19-14-30-22(25-19)17-5-2-1-3-6-17/h1-3,5-6,8-11,14,20H,4,7,12-13,15H2. The van der Waals surface area contributed by atoms with Crippen LogP contribution in [0, 0.1) is 5.82 Å². The molecule has 5 rings (SSSR count). The molecule has 158 valence electrons. The van der Waals surface area contributed by atoms with E-state index in [-0.39, 0.29) is 11.9 Å². The van der Waals surface area contributed by atoms with E-state index in [1.807, 2.05) is 18.2 Å². The molecule has 4 aromatic rings. The van der Waals surface area contributed by atoms with Crippen molar-refractivity contribution in [3.63, 3.8) is 0 Å². The molecule has 0 saturated carbocycles. The summed E-state index contributed by atoms with van der Waals surface area (Å²) in [5, 5.41) is 12.8. The van der Waals surface area contributed by atoms with Crippen LogP contribution < -0.4 is 0 Å². The number of halogens is 1. The van der Waals surface area contributed by atoms with Crippen molar-refractivity contribution in [1.82, 2.24) is 19.7 Å². The van der Waals surface area contributed by atoms with Gasteiger partial charge in [-0.15, -0.1) is 21.5 Å². The summed E-state index contributed by atoms with van der Waals surface area (Å²) in [5.41, 5.74) is 2.99. The second-order valence-electron chi connectivity index (χ2n) is 7.36. The first-order chi connectivity index (χ1) is 15.3. The number of ether oxygens (including phenoxy) is 1. The molecule has 1 unspecified atom stereocenters. The minimum Gasteiger partial charge on any atom is -0.376 e. The maximum Gasteiger partial charge on any atom is 0.191 e. The van der Waals surface area contributed by atoms with Gasteiger partial charge >= 0.3 is 0 Å². The Morgan fingerprint density at radius 2 is 1.90 bits per heavy atom. The van der Waals surface area contributed by atoms with E-state index in [0.717, 1.165) is 52.3 Å². The van der Waals surface area contributed by atoms with Crippen molar-refractivity contribution in [2.75, 3.05) is 6.61 Å². The fourth-order valence-corrected chi connectivity index (χ4v) is 5.36. The summed E-state index contributed by atoms with van der Waals surface area (Å²) in [6.07, 6.45) is 2.25. The Balaban J connectivity index is 1.37. The summed E-state index contributed by atoms with van der Waals surface area (Å²) in [6.45, 7) is 1.48. The molecule has 0 amide bonds. The predicted molar refractivity (Wildman–Crippen MR) is 122 cm³/mol. The minimum absolute atomic E-state index is 0.151. The highest BCUT2D eigenvalue weighted by atomic mass is 32.2. The largest absolute Gasteiger partial charge is 0.376 e. The maximum absolute atomic E-state index is 13.4. The summed E-state index contributed by atoms with van der Waals surface area (Å²) < 4.78 is 21.3. The van der Waals surface area contributed by atoms with Crippen LogP contribution in [0.5, 0.6) is 0 Å². The summed E-state index contributed by atoms with van der Waals surface area (Å²) in [6, 6.07) is 16.6. The van der Waals surface area contributed by atoms with Crippen LogP contribution in [0.2, 0.25) is 0 Å². The SMILES string of the molecule is Fc1ccc(-c2nnc(SCc3csc(-c4ccccc4)n3)n2CC2CCCO2)cc1. The van der Waals surface area contributed by atoms with Crippen LogP contribution in [0.3, 0.4) is 0 Å². The van der Waals surface area contributed by atoms with Crippen LogP contribution in [0.1, 0.15) is 18.5 Å². The number of rotatable bonds is 7. The third-order valence-corrected chi connectivity index (χ3v) is 7.09. The van der Waals surface area contributed by atoms with Gasteiger partial charge < -0.3 is 4.74 Å². The lowest BCUT2D eigenvalue weighted by atomic mass is 10.2. The molecule has 1 aliphatic heterocycles. The van der Waals surface area contributed by atoms with E-state index in [2.05, 4.69) is 32.3 Å². The fraction of sp³-hybridized carbons (Fsp3) is 0.261. The number of nitrogens with zero attached hydrogens (tertiary/aromatic N) is 4. The van der Waals surface area contributed by atoms with Gasteiger partial charge in [-0.3, -0.25) is 4.57 Å². The predicted octanol–water partition coefficient (Wildman–Crippen LogP) is 5.68. The summed E-state index contributed by atoms with van der Waals surface area (Å²) in [5.74, 6) is 1.18. The molecule has 1 saturated heterocycles. The third kappa shape index (κ3) is 4.71. The van der Waals surface area contributed by atoms with Crippen LogP contribution in [0.4, 0.5) is 4.39 Å². The number of aromatic nitrogens is 4. The molecular formula is C23H21FN4OS2. The van der Waals surface area contributed by atoms with Crippen molar-refractivity contribution in [3.8, 4) is 22.0 Å². The average molecular weight is 453 g/mol. The number of thioether (sulfide) groups is 1. The molecule has 2 aromatic carbocycles. The molecule has 0 aliphatic carbocycles. The lowest BCUT2D eigenvalue weighted by molar-refractivity contribution is 0.0953. The summed E-state index contributed by atoms with van der Waals surface area (Å²) >= 11 is 3.26. The lowest BCUT2D eigenvalue weighted by Crippen LogP contribution is -2.16. The highest BCUT2D eigenvalue weighted by Gasteiger charge is 2.22. The first-order valence-electron chi connectivity index (χ1n) is 10.2. The fourth-order valence-electron chi connectivity index (χ4n) is 3.59. The van der Waals surface area contributed by atoms with E-state index in [9.17, 15) is 4.39 Å². The lowest BCUT2D eigenvalue weighted by Gasteiger charge is -2.14. The van der Waals surface area contributed by atoms with Gasteiger partial charge in [-0.1, -0.05) is 42.1 Å². The van der Waals surface area contributed by atoms with Crippen molar-refractivity contribution < 1.29 is 9.13 Å². The van der Waals surface area contributed by atoms with E-state index in [4.69, 9.17) is 9.72 Å². The molecular weight excluding hydrogens is 431 g/mol. The normalized spacial score (nSPS) is 16.1. The zero-order chi connectivity index (χ0) is 21.0. The first kappa shape index (κ1) is 20.4. The number of hydrogen-bond acceptors (Lipinski definition) is 6. The van der Waals surface area contributed by atoms with Crippen LogP contribution in [0.15, 0.2) is 65.1 Å². The smallest absolute Gasteiger partial charge is 0.191 e. The van der Waals surface area contributed by atoms with Gasteiger partial charge in [-0.25, -0.2) is 9.37 Å². The highest BCUT2D eigenvalue weighted by Crippen LogP contribution is 2.30. The van der Waals surface area contributed by atoms with E-state index in [1.165, 1.54) is 12.1 Å². The van der Waals surface area contributed by atoms with Crippen molar-refractivity contribution >= 4 is 23.1 Å². The van der Waals surface area contributed by atoms with Crippen molar-refractivity contribution in [1.29, 1.82) is 0 Å². The van der Waals surface area contributed by atoms with Gasteiger partial charge in [-0.05, 0) is 37.1 Å². The maximum atomic E-state index is 13.4.